The van der Waals surface area contributed by atoms with Crippen LogP contribution in [0.3, 0.4) is 0 Å². The zero-order valence-corrected chi connectivity index (χ0v) is 12.7. The second-order valence-corrected chi connectivity index (χ2v) is 6.45. The average Bonchev–Trinajstić information content (AvgIpc) is 2.84. The summed E-state index contributed by atoms with van der Waals surface area (Å²) in [6.45, 7) is 2.47. The lowest BCUT2D eigenvalue weighted by atomic mass is 10.0. The maximum absolute atomic E-state index is 12.8. The van der Waals surface area contributed by atoms with Crippen molar-refractivity contribution in [1.29, 1.82) is 0 Å². The molecule has 1 N–H and O–H groups in total. The molecule has 4 nitrogen and oxygen atoms in total. The maximum atomic E-state index is 12.8. The lowest BCUT2D eigenvalue weighted by Gasteiger charge is -2.32. The molecule has 2 heterocycles. The minimum Gasteiger partial charge on any atom is -0.480 e. The molecule has 0 bridgehead atoms. The lowest BCUT2D eigenvalue weighted by Crippen LogP contribution is -2.47. The first-order chi connectivity index (χ1) is 10.1. The first-order valence-electron chi connectivity index (χ1n) is 7.11. The van der Waals surface area contributed by atoms with Gasteiger partial charge in [0.25, 0.3) is 5.91 Å². The SMILES string of the molecule is Cc1c(C(=O)N2CCCC[C@H]2C(=O)O)sc2ccccc12. The molecule has 0 radical (unpaired) electrons. The summed E-state index contributed by atoms with van der Waals surface area (Å²) in [5.74, 6) is -1.04. The van der Waals surface area contributed by atoms with E-state index in [-0.39, 0.29) is 5.91 Å². The lowest BCUT2D eigenvalue weighted by molar-refractivity contribution is -0.143. The van der Waals surface area contributed by atoms with Gasteiger partial charge in [-0.2, -0.15) is 0 Å². The van der Waals surface area contributed by atoms with Gasteiger partial charge in [-0.25, -0.2) is 4.79 Å². The number of aryl methyl sites for hydroxylation is 1. The molecule has 3 rings (SSSR count). The molecule has 0 unspecified atom stereocenters. The van der Waals surface area contributed by atoms with Gasteiger partial charge in [0.05, 0.1) is 4.88 Å². The summed E-state index contributed by atoms with van der Waals surface area (Å²) in [6, 6.07) is 7.22. The van der Waals surface area contributed by atoms with Crippen LogP contribution in [0.2, 0.25) is 0 Å². The number of carboxylic acids is 1. The number of carboxylic acid groups (broad SMARTS) is 1. The Morgan fingerprint density at radius 2 is 2.05 bits per heavy atom. The highest BCUT2D eigenvalue weighted by molar-refractivity contribution is 7.21. The average molecular weight is 303 g/mol. The second-order valence-electron chi connectivity index (χ2n) is 5.40. The van der Waals surface area contributed by atoms with Crippen molar-refractivity contribution in [2.45, 2.75) is 32.2 Å². The van der Waals surface area contributed by atoms with Gasteiger partial charge in [0.2, 0.25) is 0 Å². The number of rotatable bonds is 2. The van der Waals surface area contributed by atoms with E-state index in [0.29, 0.717) is 17.8 Å². The molecule has 5 heteroatoms. The van der Waals surface area contributed by atoms with Crippen molar-refractivity contribution in [2.24, 2.45) is 0 Å². The Bertz CT molecular complexity index is 707. The van der Waals surface area contributed by atoms with Crippen molar-refractivity contribution in [1.82, 2.24) is 4.90 Å². The number of hydrogen-bond acceptors (Lipinski definition) is 3. The van der Waals surface area contributed by atoms with Crippen molar-refractivity contribution >= 4 is 33.3 Å². The minimum atomic E-state index is -0.901. The van der Waals surface area contributed by atoms with Crippen LogP contribution >= 0.6 is 11.3 Å². The number of aliphatic carboxylic acids is 1. The summed E-state index contributed by atoms with van der Waals surface area (Å²) >= 11 is 1.46. The Labute approximate surface area is 127 Å². The number of thiophene rings is 1. The van der Waals surface area contributed by atoms with Crippen molar-refractivity contribution in [3.8, 4) is 0 Å². The van der Waals surface area contributed by atoms with E-state index in [9.17, 15) is 14.7 Å². The zero-order valence-electron chi connectivity index (χ0n) is 11.8. The van der Waals surface area contributed by atoms with E-state index in [1.165, 1.54) is 16.2 Å². The molecule has 1 amide bonds. The van der Waals surface area contributed by atoms with Gasteiger partial charge in [-0.3, -0.25) is 4.79 Å². The fourth-order valence-electron chi connectivity index (χ4n) is 2.94. The van der Waals surface area contributed by atoms with Gasteiger partial charge in [0, 0.05) is 11.2 Å². The number of fused-ring (bicyclic) bond motifs is 1. The van der Waals surface area contributed by atoms with Crippen molar-refractivity contribution in [3.05, 3.63) is 34.7 Å². The molecule has 1 saturated heterocycles. The van der Waals surface area contributed by atoms with E-state index >= 15 is 0 Å². The third-order valence-electron chi connectivity index (χ3n) is 4.09. The van der Waals surface area contributed by atoms with E-state index in [4.69, 9.17) is 0 Å². The van der Waals surface area contributed by atoms with Crippen LogP contribution in [0.25, 0.3) is 10.1 Å². The largest absolute Gasteiger partial charge is 0.480 e. The van der Waals surface area contributed by atoms with Crippen LogP contribution in [-0.4, -0.2) is 34.5 Å². The van der Waals surface area contributed by atoms with Crippen LogP contribution < -0.4 is 0 Å². The van der Waals surface area contributed by atoms with Crippen molar-refractivity contribution < 1.29 is 14.7 Å². The predicted molar refractivity (Wildman–Crippen MR) is 82.9 cm³/mol. The molecule has 1 aliphatic heterocycles. The van der Waals surface area contributed by atoms with Gasteiger partial charge in [-0.1, -0.05) is 18.2 Å². The first kappa shape index (κ1) is 14.1. The van der Waals surface area contributed by atoms with Crippen LogP contribution in [0, 0.1) is 6.92 Å². The predicted octanol–water partition coefficient (Wildman–Crippen LogP) is 3.29. The summed E-state index contributed by atoms with van der Waals surface area (Å²) in [7, 11) is 0. The van der Waals surface area contributed by atoms with E-state index in [2.05, 4.69) is 0 Å². The Hall–Kier alpha value is -1.88. The molecule has 1 aliphatic rings. The van der Waals surface area contributed by atoms with Crippen LogP contribution in [0.4, 0.5) is 0 Å². The van der Waals surface area contributed by atoms with Crippen molar-refractivity contribution in [2.75, 3.05) is 6.54 Å². The summed E-state index contributed by atoms with van der Waals surface area (Å²) in [5.41, 5.74) is 0.954. The van der Waals surface area contributed by atoms with Crippen LogP contribution in [0.1, 0.15) is 34.5 Å². The summed E-state index contributed by atoms with van der Waals surface area (Å²) in [5, 5.41) is 10.4. The number of amides is 1. The quantitative estimate of drug-likeness (QED) is 0.926. The Morgan fingerprint density at radius 1 is 1.29 bits per heavy atom. The Balaban J connectivity index is 1.99. The molecule has 21 heavy (non-hydrogen) atoms. The highest BCUT2D eigenvalue weighted by atomic mass is 32.1. The molecular weight excluding hydrogens is 286 g/mol. The summed E-state index contributed by atoms with van der Waals surface area (Å²) in [4.78, 5) is 26.3. The third-order valence-corrected chi connectivity index (χ3v) is 5.35. The molecule has 1 atom stereocenters. The third kappa shape index (κ3) is 2.42. The molecule has 0 aliphatic carbocycles. The molecule has 1 fully saturated rings. The van der Waals surface area contributed by atoms with Gasteiger partial charge < -0.3 is 10.0 Å². The van der Waals surface area contributed by atoms with Gasteiger partial charge in [-0.15, -0.1) is 11.3 Å². The topological polar surface area (TPSA) is 57.6 Å². The smallest absolute Gasteiger partial charge is 0.326 e. The fraction of sp³-hybridized carbons (Fsp3) is 0.375. The minimum absolute atomic E-state index is 0.138. The molecule has 2 aromatic rings. The van der Waals surface area contributed by atoms with E-state index < -0.39 is 12.0 Å². The number of benzene rings is 1. The molecule has 0 saturated carbocycles. The van der Waals surface area contributed by atoms with Gasteiger partial charge >= 0.3 is 5.97 Å². The van der Waals surface area contributed by atoms with E-state index in [1.54, 1.807) is 0 Å². The van der Waals surface area contributed by atoms with Gasteiger partial charge in [-0.05, 0) is 43.2 Å². The second kappa shape index (κ2) is 5.48. The number of likely N-dealkylation sites (tertiary alicyclic amines) is 1. The molecule has 110 valence electrons. The van der Waals surface area contributed by atoms with Gasteiger partial charge in [0.1, 0.15) is 6.04 Å². The van der Waals surface area contributed by atoms with Gasteiger partial charge in [0.15, 0.2) is 0 Å². The zero-order chi connectivity index (χ0) is 15.0. The normalized spacial score (nSPS) is 18.9. The van der Waals surface area contributed by atoms with Crippen LogP contribution in [-0.2, 0) is 4.79 Å². The molecule has 1 aromatic heterocycles. The summed E-state index contributed by atoms with van der Waals surface area (Å²) < 4.78 is 1.07. The number of piperidine rings is 1. The number of carbonyl (C=O) groups excluding carboxylic acids is 1. The monoisotopic (exact) mass is 303 g/mol. The Kier molecular flexibility index (Phi) is 3.68. The number of hydrogen-bond donors (Lipinski definition) is 1. The van der Waals surface area contributed by atoms with Crippen molar-refractivity contribution in [3.63, 3.8) is 0 Å². The van der Waals surface area contributed by atoms with Crippen LogP contribution in [0.15, 0.2) is 24.3 Å². The number of carbonyl (C=O) groups is 2. The standard InChI is InChI=1S/C16H17NO3S/c1-10-11-6-2-3-8-13(11)21-14(10)15(18)17-9-5-4-7-12(17)16(19)20/h2-3,6,8,12H,4-5,7,9H2,1H3,(H,19,20)/t12-/m0/s1. The van der Waals surface area contributed by atoms with E-state index in [1.807, 2.05) is 31.2 Å². The first-order valence-corrected chi connectivity index (χ1v) is 7.93. The fourth-order valence-corrected chi connectivity index (χ4v) is 4.11. The van der Waals surface area contributed by atoms with E-state index in [0.717, 1.165) is 28.5 Å². The Morgan fingerprint density at radius 3 is 2.76 bits per heavy atom. The molecule has 0 spiro atoms. The molecular formula is C16H17NO3S. The highest BCUT2D eigenvalue weighted by Crippen LogP contribution is 2.32. The maximum Gasteiger partial charge on any atom is 0.326 e. The highest BCUT2D eigenvalue weighted by Gasteiger charge is 2.33. The molecule has 1 aromatic carbocycles. The number of nitrogens with zero attached hydrogens (tertiary/aromatic N) is 1. The summed E-state index contributed by atoms with van der Waals surface area (Å²) in [6.07, 6.45) is 2.29. The van der Waals surface area contributed by atoms with Crippen LogP contribution in [0.5, 0.6) is 0 Å².